The lowest BCUT2D eigenvalue weighted by molar-refractivity contribution is 0.154. The van der Waals surface area contributed by atoms with Crippen molar-refractivity contribution < 1.29 is 4.74 Å². The van der Waals surface area contributed by atoms with Crippen LogP contribution in [0.2, 0.25) is 0 Å². The number of hydrogen-bond donors (Lipinski definition) is 1. The number of nitrogens with one attached hydrogen (secondary N) is 1. The first kappa shape index (κ1) is 14.3. The van der Waals surface area contributed by atoms with Crippen molar-refractivity contribution in [2.24, 2.45) is 0 Å². The topological polar surface area (TPSA) is 24.5 Å². The maximum atomic E-state index is 5.09. The highest BCUT2D eigenvalue weighted by atomic mass is 16.5. The average molecular weight is 254 g/mol. The molecule has 0 aromatic rings. The summed E-state index contributed by atoms with van der Waals surface area (Å²) in [7, 11) is 1.77. The molecule has 0 radical (unpaired) electrons. The second-order valence-corrected chi connectivity index (χ2v) is 5.88. The van der Waals surface area contributed by atoms with E-state index in [2.05, 4.69) is 10.2 Å². The highest BCUT2D eigenvalue weighted by Crippen LogP contribution is 2.28. The maximum absolute atomic E-state index is 5.09. The molecule has 0 bridgehead atoms. The lowest BCUT2D eigenvalue weighted by atomic mass is 10.1. The summed E-state index contributed by atoms with van der Waals surface area (Å²) in [5.41, 5.74) is 0. The van der Waals surface area contributed by atoms with Crippen LogP contribution in [0.25, 0.3) is 0 Å². The summed E-state index contributed by atoms with van der Waals surface area (Å²) in [5, 5.41) is 3.55. The van der Waals surface area contributed by atoms with Crippen LogP contribution in [0, 0.1) is 0 Å². The molecule has 1 N–H and O–H groups in total. The minimum Gasteiger partial charge on any atom is -0.383 e. The Hall–Kier alpha value is -0.120. The van der Waals surface area contributed by atoms with Gasteiger partial charge >= 0.3 is 0 Å². The molecule has 1 atom stereocenters. The first-order valence-corrected chi connectivity index (χ1v) is 7.87. The second-order valence-electron chi connectivity index (χ2n) is 5.88. The fourth-order valence-electron chi connectivity index (χ4n) is 3.59. The molecular formula is C15H30N2O. The molecule has 1 unspecified atom stereocenters. The van der Waals surface area contributed by atoms with E-state index in [1.165, 1.54) is 57.9 Å². The van der Waals surface area contributed by atoms with Gasteiger partial charge in [-0.2, -0.15) is 0 Å². The standard InChI is InChI=1S/C15H30N2O/c1-18-12-10-16-13-15-9-6-11-17(15)14-7-4-2-3-5-8-14/h14-16H,2-13H2,1H3. The number of nitrogens with zero attached hydrogens (tertiary/aromatic N) is 1. The van der Waals surface area contributed by atoms with Gasteiger partial charge in [0.25, 0.3) is 0 Å². The van der Waals surface area contributed by atoms with E-state index >= 15 is 0 Å². The Bertz CT molecular complexity index is 215. The van der Waals surface area contributed by atoms with Gasteiger partial charge in [-0.25, -0.2) is 0 Å². The number of likely N-dealkylation sites (tertiary alicyclic amines) is 1. The zero-order valence-corrected chi connectivity index (χ0v) is 12.0. The quantitative estimate of drug-likeness (QED) is 0.582. The van der Waals surface area contributed by atoms with Crippen molar-refractivity contribution in [3.8, 4) is 0 Å². The monoisotopic (exact) mass is 254 g/mol. The van der Waals surface area contributed by atoms with Gasteiger partial charge in [-0.3, -0.25) is 4.90 Å². The smallest absolute Gasteiger partial charge is 0.0587 e. The van der Waals surface area contributed by atoms with E-state index in [0.29, 0.717) is 0 Å². The summed E-state index contributed by atoms with van der Waals surface area (Å²) in [4.78, 5) is 2.81. The highest BCUT2D eigenvalue weighted by Gasteiger charge is 2.30. The van der Waals surface area contributed by atoms with E-state index in [-0.39, 0.29) is 0 Å². The van der Waals surface area contributed by atoms with Gasteiger partial charge in [0, 0.05) is 32.3 Å². The first-order chi connectivity index (χ1) is 8.92. The molecule has 1 saturated carbocycles. The minimum atomic E-state index is 0.782. The van der Waals surface area contributed by atoms with Gasteiger partial charge in [0.05, 0.1) is 6.61 Å². The molecule has 3 heteroatoms. The minimum absolute atomic E-state index is 0.782. The molecule has 1 heterocycles. The third-order valence-electron chi connectivity index (χ3n) is 4.58. The van der Waals surface area contributed by atoms with Crippen LogP contribution in [0.5, 0.6) is 0 Å². The highest BCUT2D eigenvalue weighted by molar-refractivity contribution is 4.87. The van der Waals surface area contributed by atoms with Crippen molar-refractivity contribution >= 4 is 0 Å². The molecular weight excluding hydrogens is 224 g/mol. The van der Waals surface area contributed by atoms with Gasteiger partial charge in [-0.05, 0) is 32.2 Å². The predicted molar refractivity (Wildman–Crippen MR) is 76.0 cm³/mol. The van der Waals surface area contributed by atoms with Crippen LogP contribution in [-0.4, -0.2) is 50.3 Å². The van der Waals surface area contributed by atoms with Crippen LogP contribution >= 0.6 is 0 Å². The van der Waals surface area contributed by atoms with Crippen LogP contribution in [-0.2, 0) is 4.74 Å². The largest absolute Gasteiger partial charge is 0.383 e. The fourth-order valence-corrected chi connectivity index (χ4v) is 3.59. The summed E-state index contributed by atoms with van der Waals surface area (Å²) >= 11 is 0. The van der Waals surface area contributed by atoms with Crippen molar-refractivity contribution in [2.75, 3.05) is 33.4 Å². The molecule has 2 rings (SSSR count). The van der Waals surface area contributed by atoms with Gasteiger partial charge in [0.15, 0.2) is 0 Å². The molecule has 2 aliphatic rings. The molecule has 106 valence electrons. The van der Waals surface area contributed by atoms with E-state index in [1.54, 1.807) is 7.11 Å². The molecule has 3 nitrogen and oxygen atoms in total. The van der Waals surface area contributed by atoms with Crippen LogP contribution < -0.4 is 5.32 Å². The summed E-state index contributed by atoms with van der Waals surface area (Å²) in [5.74, 6) is 0. The molecule has 1 saturated heterocycles. The molecule has 0 spiro atoms. The Labute approximate surface area is 112 Å². The van der Waals surface area contributed by atoms with Crippen molar-refractivity contribution in [1.29, 1.82) is 0 Å². The van der Waals surface area contributed by atoms with Gasteiger partial charge in [-0.15, -0.1) is 0 Å². The molecule has 0 amide bonds. The van der Waals surface area contributed by atoms with E-state index in [1.807, 2.05) is 0 Å². The Kier molecular flexibility index (Phi) is 6.46. The second kappa shape index (κ2) is 8.13. The summed E-state index contributed by atoms with van der Waals surface area (Å²) < 4.78 is 5.09. The van der Waals surface area contributed by atoms with Crippen molar-refractivity contribution in [2.45, 2.75) is 63.5 Å². The molecule has 0 aromatic heterocycles. The Morgan fingerprint density at radius 2 is 1.83 bits per heavy atom. The van der Waals surface area contributed by atoms with Gasteiger partial charge in [-0.1, -0.05) is 25.7 Å². The summed E-state index contributed by atoms with van der Waals surface area (Å²) in [6.07, 6.45) is 11.5. The Balaban J connectivity index is 1.75. The summed E-state index contributed by atoms with van der Waals surface area (Å²) in [6.45, 7) is 4.31. The van der Waals surface area contributed by atoms with E-state index in [0.717, 1.165) is 31.8 Å². The molecule has 0 aromatic carbocycles. The first-order valence-electron chi connectivity index (χ1n) is 7.87. The number of methoxy groups -OCH3 is 1. The van der Waals surface area contributed by atoms with Crippen molar-refractivity contribution in [1.82, 2.24) is 10.2 Å². The summed E-state index contributed by atoms with van der Waals surface area (Å²) in [6, 6.07) is 1.66. The predicted octanol–water partition coefficient (Wildman–Crippen LogP) is 2.41. The number of hydrogen-bond acceptors (Lipinski definition) is 3. The molecule has 18 heavy (non-hydrogen) atoms. The van der Waals surface area contributed by atoms with Gasteiger partial charge in [0.1, 0.15) is 0 Å². The lowest BCUT2D eigenvalue weighted by Gasteiger charge is -2.32. The van der Waals surface area contributed by atoms with Crippen molar-refractivity contribution in [3.63, 3.8) is 0 Å². The van der Waals surface area contributed by atoms with Crippen molar-refractivity contribution in [3.05, 3.63) is 0 Å². The normalized spacial score (nSPS) is 27.5. The zero-order valence-electron chi connectivity index (χ0n) is 12.0. The number of ether oxygens (including phenoxy) is 1. The van der Waals surface area contributed by atoms with E-state index < -0.39 is 0 Å². The maximum Gasteiger partial charge on any atom is 0.0587 e. The van der Waals surface area contributed by atoms with Crippen LogP contribution in [0.3, 0.4) is 0 Å². The SMILES string of the molecule is COCCNCC1CCCN1C1CCCCCC1. The third kappa shape index (κ3) is 4.22. The molecule has 1 aliphatic heterocycles. The fraction of sp³-hybridized carbons (Fsp3) is 1.00. The van der Waals surface area contributed by atoms with Crippen LogP contribution in [0.15, 0.2) is 0 Å². The van der Waals surface area contributed by atoms with E-state index in [9.17, 15) is 0 Å². The number of rotatable bonds is 6. The Morgan fingerprint density at radius 3 is 2.56 bits per heavy atom. The third-order valence-corrected chi connectivity index (χ3v) is 4.58. The molecule has 1 aliphatic carbocycles. The van der Waals surface area contributed by atoms with Crippen LogP contribution in [0.1, 0.15) is 51.4 Å². The van der Waals surface area contributed by atoms with Gasteiger partial charge in [0.2, 0.25) is 0 Å². The average Bonchev–Trinajstić information content (AvgIpc) is 2.68. The van der Waals surface area contributed by atoms with Gasteiger partial charge < -0.3 is 10.1 Å². The molecule has 2 fully saturated rings. The zero-order chi connectivity index (χ0) is 12.6. The lowest BCUT2D eigenvalue weighted by Crippen LogP contribution is -2.44. The Morgan fingerprint density at radius 1 is 1.06 bits per heavy atom. The van der Waals surface area contributed by atoms with E-state index in [4.69, 9.17) is 4.74 Å². The van der Waals surface area contributed by atoms with Crippen LogP contribution in [0.4, 0.5) is 0 Å².